The van der Waals surface area contributed by atoms with E-state index in [-0.39, 0.29) is 22.9 Å². The fourth-order valence-corrected chi connectivity index (χ4v) is 2.83. The number of alkyl halides is 2. The summed E-state index contributed by atoms with van der Waals surface area (Å²) in [7, 11) is -1.73. The fraction of sp³-hybridized carbons (Fsp3) is 0.538. The maximum atomic E-state index is 12.4. The third-order valence-corrected chi connectivity index (χ3v) is 4.64. The molecule has 0 radical (unpaired) electrons. The summed E-state index contributed by atoms with van der Waals surface area (Å²) in [5.41, 5.74) is 0.258. The van der Waals surface area contributed by atoms with Crippen molar-refractivity contribution in [1.29, 1.82) is 0 Å². The molecule has 21 heavy (non-hydrogen) atoms. The first kappa shape index (κ1) is 17.5. The number of anilines is 1. The molecule has 0 aliphatic rings. The maximum absolute atomic E-state index is 12.4. The van der Waals surface area contributed by atoms with Crippen LogP contribution in [0.5, 0.6) is 11.5 Å². The first-order chi connectivity index (χ1) is 9.77. The van der Waals surface area contributed by atoms with Crippen LogP contribution in [0.1, 0.15) is 13.8 Å². The Kier molecular flexibility index (Phi) is 6.19. The number of nitrogens with one attached hydrogen (secondary N) is 1. The number of sulfone groups is 1. The zero-order valence-corrected chi connectivity index (χ0v) is 12.9. The second-order valence-corrected chi connectivity index (χ2v) is 6.88. The summed E-state index contributed by atoms with van der Waals surface area (Å²) in [5.74, 6) is 0.308. The molecular weight excluding hydrogens is 304 g/mol. The minimum atomic E-state index is -3.17. The topological polar surface area (TPSA) is 64.6 Å². The molecule has 1 aromatic rings. The van der Waals surface area contributed by atoms with E-state index in [1.807, 2.05) is 0 Å². The van der Waals surface area contributed by atoms with E-state index < -0.39 is 22.5 Å². The van der Waals surface area contributed by atoms with Crippen LogP contribution in [0, 0.1) is 0 Å². The SMILES string of the molecule is CCS(=O)(=O)CC(C)Nc1cc(OC)ccc1OC(F)F. The Labute approximate surface area is 123 Å². The highest BCUT2D eigenvalue weighted by Gasteiger charge is 2.17. The number of hydrogen-bond donors (Lipinski definition) is 1. The van der Waals surface area contributed by atoms with Crippen molar-refractivity contribution in [2.24, 2.45) is 0 Å². The van der Waals surface area contributed by atoms with Crippen molar-refractivity contribution in [3.05, 3.63) is 18.2 Å². The molecule has 0 saturated carbocycles. The fourth-order valence-electron chi connectivity index (χ4n) is 1.75. The van der Waals surface area contributed by atoms with Gasteiger partial charge in [-0.25, -0.2) is 8.42 Å². The van der Waals surface area contributed by atoms with Gasteiger partial charge in [-0.05, 0) is 19.1 Å². The van der Waals surface area contributed by atoms with Gasteiger partial charge in [-0.15, -0.1) is 0 Å². The van der Waals surface area contributed by atoms with Gasteiger partial charge >= 0.3 is 6.61 Å². The summed E-state index contributed by atoms with van der Waals surface area (Å²) in [5, 5.41) is 2.86. The lowest BCUT2D eigenvalue weighted by molar-refractivity contribution is -0.0494. The molecule has 0 bridgehead atoms. The van der Waals surface area contributed by atoms with E-state index in [0.717, 1.165) is 0 Å². The predicted molar refractivity (Wildman–Crippen MR) is 77.0 cm³/mol. The van der Waals surface area contributed by atoms with E-state index in [0.29, 0.717) is 5.75 Å². The summed E-state index contributed by atoms with van der Waals surface area (Å²) in [6.45, 7) is 0.242. The van der Waals surface area contributed by atoms with Gasteiger partial charge in [-0.1, -0.05) is 6.92 Å². The Hall–Kier alpha value is -1.57. The number of rotatable bonds is 8. The van der Waals surface area contributed by atoms with E-state index in [4.69, 9.17) is 4.74 Å². The Morgan fingerprint density at radius 1 is 1.33 bits per heavy atom. The second-order valence-electron chi connectivity index (χ2n) is 4.48. The molecule has 0 fully saturated rings. The van der Waals surface area contributed by atoms with Gasteiger partial charge in [0.05, 0.1) is 18.6 Å². The summed E-state index contributed by atoms with van der Waals surface area (Å²) in [4.78, 5) is 0. The monoisotopic (exact) mass is 323 g/mol. The molecular formula is C13H19F2NO4S. The molecule has 0 heterocycles. The first-order valence-corrected chi connectivity index (χ1v) is 8.19. The summed E-state index contributed by atoms with van der Waals surface area (Å²) < 4.78 is 57.3. The first-order valence-electron chi connectivity index (χ1n) is 6.37. The second kappa shape index (κ2) is 7.44. The Morgan fingerprint density at radius 2 is 2.00 bits per heavy atom. The van der Waals surface area contributed by atoms with Crippen LogP contribution in [0.2, 0.25) is 0 Å². The molecule has 0 amide bonds. The van der Waals surface area contributed by atoms with Crippen LogP contribution in [0.15, 0.2) is 18.2 Å². The van der Waals surface area contributed by atoms with Gasteiger partial charge < -0.3 is 14.8 Å². The molecule has 0 aromatic heterocycles. The number of halogens is 2. The normalized spacial score (nSPS) is 13.0. The number of methoxy groups -OCH3 is 1. The smallest absolute Gasteiger partial charge is 0.387 e. The average Bonchev–Trinajstić information content (AvgIpc) is 2.39. The van der Waals surface area contributed by atoms with Crippen LogP contribution in [-0.4, -0.2) is 39.7 Å². The van der Waals surface area contributed by atoms with E-state index in [9.17, 15) is 17.2 Å². The molecule has 8 heteroatoms. The highest BCUT2D eigenvalue weighted by molar-refractivity contribution is 7.91. The molecule has 1 aromatic carbocycles. The van der Waals surface area contributed by atoms with Gasteiger partial charge in [0.25, 0.3) is 0 Å². The van der Waals surface area contributed by atoms with Crippen molar-refractivity contribution in [3.63, 3.8) is 0 Å². The Bertz CT molecular complexity index is 563. The van der Waals surface area contributed by atoms with Crippen molar-refractivity contribution in [1.82, 2.24) is 0 Å². The third-order valence-electron chi connectivity index (χ3n) is 2.75. The molecule has 0 aliphatic carbocycles. The highest BCUT2D eigenvalue weighted by Crippen LogP contribution is 2.31. The van der Waals surface area contributed by atoms with Crippen molar-refractivity contribution in [3.8, 4) is 11.5 Å². The predicted octanol–water partition coefficient (Wildman–Crippen LogP) is 2.53. The van der Waals surface area contributed by atoms with Crippen LogP contribution in [0.25, 0.3) is 0 Å². The molecule has 1 atom stereocenters. The van der Waals surface area contributed by atoms with E-state index in [1.54, 1.807) is 13.8 Å². The van der Waals surface area contributed by atoms with Gasteiger partial charge in [-0.3, -0.25) is 0 Å². The lowest BCUT2D eigenvalue weighted by atomic mass is 10.2. The zero-order chi connectivity index (χ0) is 16.0. The van der Waals surface area contributed by atoms with Crippen molar-refractivity contribution in [2.75, 3.05) is 23.9 Å². The zero-order valence-electron chi connectivity index (χ0n) is 12.1. The maximum Gasteiger partial charge on any atom is 0.387 e. The summed E-state index contributed by atoms with van der Waals surface area (Å²) >= 11 is 0. The molecule has 1 rings (SSSR count). The summed E-state index contributed by atoms with van der Waals surface area (Å²) in [6.07, 6.45) is 0. The van der Waals surface area contributed by atoms with E-state index in [2.05, 4.69) is 10.1 Å². The van der Waals surface area contributed by atoms with E-state index in [1.165, 1.54) is 25.3 Å². The molecule has 5 nitrogen and oxygen atoms in total. The lowest BCUT2D eigenvalue weighted by Crippen LogP contribution is -2.27. The van der Waals surface area contributed by atoms with Crippen LogP contribution in [0.3, 0.4) is 0 Å². The highest BCUT2D eigenvalue weighted by atomic mass is 32.2. The minimum Gasteiger partial charge on any atom is -0.497 e. The van der Waals surface area contributed by atoms with Gasteiger partial charge in [0.2, 0.25) is 0 Å². The molecule has 1 unspecified atom stereocenters. The van der Waals surface area contributed by atoms with Crippen LogP contribution in [0.4, 0.5) is 14.5 Å². The van der Waals surface area contributed by atoms with Crippen LogP contribution < -0.4 is 14.8 Å². The minimum absolute atomic E-state index is 0.0253. The average molecular weight is 323 g/mol. The van der Waals surface area contributed by atoms with Crippen LogP contribution in [-0.2, 0) is 9.84 Å². The van der Waals surface area contributed by atoms with Gasteiger partial charge in [-0.2, -0.15) is 8.78 Å². The number of benzene rings is 1. The largest absolute Gasteiger partial charge is 0.497 e. The number of ether oxygens (including phenoxy) is 2. The van der Waals surface area contributed by atoms with Crippen molar-refractivity contribution in [2.45, 2.75) is 26.5 Å². The summed E-state index contributed by atoms with van der Waals surface area (Å²) in [6, 6.07) is 3.85. The molecule has 0 spiro atoms. The number of hydrogen-bond acceptors (Lipinski definition) is 5. The standard InChI is InChI=1S/C13H19F2NO4S/c1-4-21(17,18)8-9(2)16-11-7-10(19-3)5-6-12(11)20-13(14)15/h5-7,9,13,16H,4,8H2,1-3H3. The Morgan fingerprint density at radius 3 is 2.52 bits per heavy atom. The molecule has 0 saturated heterocycles. The molecule has 0 aliphatic heterocycles. The van der Waals surface area contributed by atoms with Gasteiger partial charge in [0.1, 0.15) is 11.5 Å². The third kappa shape index (κ3) is 5.74. The lowest BCUT2D eigenvalue weighted by Gasteiger charge is -2.18. The molecule has 1 N–H and O–H groups in total. The van der Waals surface area contributed by atoms with Gasteiger partial charge in [0.15, 0.2) is 9.84 Å². The molecule has 120 valence electrons. The van der Waals surface area contributed by atoms with Crippen molar-refractivity contribution < 1.29 is 26.7 Å². The van der Waals surface area contributed by atoms with Gasteiger partial charge in [0, 0.05) is 17.9 Å². The quantitative estimate of drug-likeness (QED) is 0.796. The Balaban J connectivity index is 2.93. The van der Waals surface area contributed by atoms with Crippen molar-refractivity contribution >= 4 is 15.5 Å². The van der Waals surface area contributed by atoms with E-state index >= 15 is 0 Å². The van der Waals surface area contributed by atoms with Crippen LogP contribution >= 0.6 is 0 Å².